The van der Waals surface area contributed by atoms with Gasteiger partial charge in [0.05, 0.1) is 34.6 Å². The maximum atomic E-state index is 13.1. The van der Waals surface area contributed by atoms with Gasteiger partial charge in [0.25, 0.3) is 11.8 Å². The Labute approximate surface area is 203 Å². The quantitative estimate of drug-likeness (QED) is 0.504. The molecule has 5 rings (SSSR count). The summed E-state index contributed by atoms with van der Waals surface area (Å²) in [6.45, 7) is -0.246. The van der Waals surface area contributed by atoms with E-state index in [1.807, 2.05) is 0 Å². The van der Waals surface area contributed by atoms with Crippen molar-refractivity contribution in [3.63, 3.8) is 0 Å². The minimum atomic E-state index is -1.11. The first-order valence-electron chi connectivity index (χ1n) is 10.9. The molecule has 0 bridgehead atoms. The summed E-state index contributed by atoms with van der Waals surface area (Å²) in [5.74, 6) is -3.11. The second-order valence-electron chi connectivity index (χ2n) is 8.18. The molecule has 1 atom stereocenters. The van der Waals surface area contributed by atoms with Crippen LogP contribution in [-0.2, 0) is 20.9 Å². The molecule has 2 N–H and O–H groups in total. The third kappa shape index (κ3) is 3.88. The summed E-state index contributed by atoms with van der Waals surface area (Å²) in [5.41, 5.74) is 1.55. The van der Waals surface area contributed by atoms with Crippen molar-refractivity contribution < 1.29 is 24.0 Å². The van der Waals surface area contributed by atoms with Crippen molar-refractivity contribution in [2.45, 2.75) is 25.4 Å². The van der Waals surface area contributed by atoms with Gasteiger partial charge in [0, 0.05) is 12.0 Å². The van der Waals surface area contributed by atoms with Gasteiger partial charge in [-0.1, -0.05) is 29.5 Å². The van der Waals surface area contributed by atoms with E-state index in [0.29, 0.717) is 16.8 Å². The van der Waals surface area contributed by atoms with Gasteiger partial charge in [0.1, 0.15) is 18.3 Å². The van der Waals surface area contributed by atoms with E-state index in [1.165, 1.54) is 29.1 Å². The third-order valence-electron chi connectivity index (χ3n) is 5.91. The monoisotopic (exact) mass is 483 g/mol. The van der Waals surface area contributed by atoms with Gasteiger partial charge in [-0.2, -0.15) is 5.26 Å². The van der Waals surface area contributed by atoms with Crippen LogP contribution in [0.25, 0.3) is 11.3 Å². The van der Waals surface area contributed by atoms with E-state index in [9.17, 15) is 29.2 Å². The Morgan fingerprint density at radius 1 is 1.08 bits per heavy atom. The number of nitriles is 1. The summed E-state index contributed by atoms with van der Waals surface area (Å²) >= 11 is 0. The van der Waals surface area contributed by atoms with E-state index in [-0.39, 0.29) is 36.2 Å². The lowest BCUT2D eigenvalue weighted by Gasteiger charge is -2.27. The SMILES string of the molecule is N#Cc1ccccc1-c1cn(CC(=O)Nc2cccc3c2C(=O)N(C2CCC(=O)NC2=O)C3=O)nn1. The van der Waals surface area contributed by atoms with Crippen LogP contribution in [0.2, 0.25) is 0 Å². The van der Waals surface area contributed by atoms with Crippen LogP contribution < -0.4 is 10.6 Å². The van der Waals surface area contributed by atoms with Crippen molar-refractivity contribution in [1.29, 1.82) is 5.26 Å². The molecule has 2 aliphatic heterocycles. The predicted molar refractivity (Wildman–Crippen MR) is 122 cm³/mol. The second kappa shape index (κ2) is 8.88. The van der Waals surface area contributed by atoms with Gasteiger partial charge in [-0.25, -0.2) is 4.68 Å². The molecular formula is C24H17N7O5. The largest absolute Gasteiger partial charge is 0.324 e. The molecular weight excluding hydrogens is 466 g/mol. The normalized spacial score (nSPS) is 17.0. The van der Waals surface area contributed by atoms with E-state index in [2.05, 4.69) is 27.0 Å². The van der Waals surface area contributed by atoms with Crippen molar-refractivity contribution in [2.24, 2.45) is 0 Å². The smallest absolute Gasteiger partial charge is 0.264 e. The fourth-order valence-electron chi connectivity index (χ4n) is 4.26. The molecule has 12 heteroatoms. The summed E-state index contributed by atoms with van der Waals surface area (Å²) in [6.07, 6.45) is 1.55. The number of fused-ring (bicyclic) bond motifs is 1. The molecule has 36 heavy (non-hydrogen) atoms. The van der Waals surface area contributed by atoms with Crippen LogP contribution in [0.15, 0.2) is 48.7 Å². The van der Waals surface area contributed by atoms with Crippen LogP contribution in [0.4, 0.5) is 5.69 Å². The highest BCUT2D eigenvalue weighted by atomic mass is 16.2. The molecule has 0 radical (unpaired) electrons. The Hall–Kier alpha value is -5.18. The molecule has 0 spiro atoms. The number of imide groups is 2. The Bertz CT molecular complexity index is 1500. The molecule has 0 saturated carbocycles. The number of hydrogen-bond acceptors (Lipinski definition) is 8. The van der Waals surface area contributed by atoms with Gasteiger partial charge >= 0.3 is 0 Å². The first-order valence-corrected chi connectivity index (χ1v) is 10.9. The molecule has 2 aliphatic rings. The number of hydrogen-bond donors (Lipinski definition) is 2. The first-order chi connectivity index (χ1) is 17.4. The van der Waals surface area contributed by atoms with E-state index < -0.39 is 35.6 Å². The van der Waals surface area contributed by atoms with E-state index >= 15 is 0 Å². The van der Waals surface area contributed by atoms with E-state index in [4.69, 9.17) is 0 Å². The third-order valence-corrected chi connectivity index (χ3v) is 5.91. The van der Waals surface area contributed by atoms with E-state index in [1.54, 1.807) is 24.3 Å². The molecule has 1 saturated heterocycles. The fraction of sp³-hybridized carbons (Fsp3) is 0.167. The number of benzene rings is 2. The van der Waals surface area contributed by atoms with Gasteiger partial charge in [-0.05, 0) is 24.6 Å². The highest BCUT2D eigenvalue weighted by Crippen LogP contribution is 2.32. The topological polar surface area (TPSA) is 167 Å². The van der Waals surface area contributed by atoms with Crippen molar-refractivity contribution in [3.05, 3.63) is 65.4 Å². The number of nitrogens with one attached hydrogen (secondary N) is 2. The fourth-order valence-corrected chi connectivity index (χ4v) is 4.26. The van der Waals surface area contributed by atoms with Gasteiger partial charge in [-0.3, -0.25) is 34.2 Å². The number of amides is 5. The number of rotatable bonds is 5. The van der Waals surface area contributed by atoms with Gasteiger partial charge in [-0.15, -0.1) is 5.10 Å². The number of piperidine rings is 1. The van der Waals surface area contributed by atoms with Gasteiger partial charge in [0.15, 0.2) is 0 Å². The maximum Gasteiger partial charge on any atom is 0.264 e. The molecule has 2 aromatic carbocycles. The Morgan fingerprint density at radius 2 is 1.86 bits per heavy atom. The van der Waals surface area contributed by atoms with Gasteiger partial charge < -0.3 is 5.32 Å². The van der Waals surface area contributed by atoms with Crippen LogP contribution >= 0.6 is 0 Å². The van der Waals surface area contributed by atoms with Crippen LogP contribution in [0.3, 0.4) is 0 Å². The number of carbonyl (C=O) groups excluding carboxylic acids is 5. The van der Waals surface area contributed by atoms with Crippen LogP contribution in [0.1, 0.15) is 39.1 Å². The molecule has 5 amide bonds. The molecule has 3 heterocycles. The van der Waals surface area contributed by atoms with Crippen LogP contribution in [0.5, 0.6) is 0 Å². The molecule has 1 fully saturated rings. The molecule has 1 unspecified atom stereocenters. The number of aromatic nitrogens is 3. The minimum absolute atomic E-state index is 0.00609. The second-order valence-corrected chi connectivity index (χ2v) is 8.18. The van der Waals surface area contributed by atoms with Gasteiger partial charge in [0.2, 0.25) is 17.7 Å². The molecule has 0 aliphatic carbocycles. The average molecular weight is 483 g/mol. The summed E-state index contributed by atoms with van der Waals surface area (Å²) in [4.78, 5) is 63.4. The summed E-state index contributed by atoms with van der Waals surface area (Å²) in [7, 11) is 0. The summed E-state index contributed by atoms with van der Waals surface area (Å²) in [5, 5.41) is 22.0. The zero-order valence-electron chi connectivity index (χ0n) is 18.6. The number of carbonyl (C=O) groups is 5. The Balaban J connectivity index is 1.34. The molecule has 178 valence electrons. The maximum absolute atomic E-state index is 13.1. The lowest BCUT2D eigenvalue weighted by atomic mass is 10.0. The number of anilines is 1. The average Bonchev–Trinajstić information content (AvgIpc) is 3.42. The van der Waals surface area contributed by atoms with Crippen molar-refractivity contribution in [3.8, 4) is 17.3 Å². The Morgan fingerprint density at radius 3 is 2.64 bits per heavy atom. The Kier molecular flexibility index (Phi) is 5.57. The number of nitrogens with zero attached hydrogens (tertiary/aromatic N) is 5. The highest BCUT2D eigenvalue weighted by molar-refractivity contribution is 6.26. The first kappa shape index (κ1) is 22.6. The zero-order valence-corrected chi connectivity index (χ0v) is 18.6. The lowest BCUT2D eigenvalue weighted by Crippen LogP contribution is -2.54. The van der Waals surface area contributed by atoms with Crippen molar-refractivity contribution >= 4 is 35.2 Å². The summed E-state index contributed by atoms with van der Waals surface area (Å²) < 4.78 is 1.28. The summed E-state index contributed by atoms with van der Waals surface area (Å²) in [6, 6.07) is 12.3. The minimum Gasteiger partial charge on any atom is -0.324 e. The molecule has 12 nitrogen and oxygen atoms in total. The molecule has 1 aromatic heterocycles. The van der Waals surface area contributed by atoms with Crippen LogP contribution in [0, 0.1) is 11.3 Å². The zero-order chi connectivity index (χ0) is 25.4. The lowest BCUT2D eigenvalue weighted by molar-refractivity contribution is -0.136. The van der Waals surface area contributed by atoms with Crippen molar-refractivity contribution in [1.82, 2.24) is 25.2 Å². The van der Waals surface area contributed by atoms with Crippen LogP contribution in [-0.4, -0.2) is 55.5 Å². The standard InChI is InChI=1S/C24H17N7O5/c25-10-13-4-1-2-5-14(13)17-11-30(29-28-17)12-20(33)26-16-7-3-6-15-21(16)24(36)31(23(15)35)18-8-9-19(32)27-22(18)34/h1-7,11,18H,8-9,12H2,(H,26,33)(H,27,32,34). The highest BCUT2D eigenvalue weighted by Gasteiger charge is 2.45. The van der Waals surface area contributed by atoms with Crippen molar-refractivity contribution in [2.75, 3.05) is 5.32 Å². The predicted octanol–water partition coefficient (Wildman–Crippen LogP) is 0.857. The van der Waals surface area contributed by atoms with E-state index in [0.717, 1.165) is 4.90 Å². The molecule has 3 aromatic rings.